The monoisotopic (exact) mass is 369 g/mol. The number of halogens is 1. The predicted octanol–water partition coefficient (Wildman–Crippen LogP) is 4.46. The Morgan fingerprint density at radius 2 is 1.88 bits per heavy atom. The highest BCUT2D eigenvalue weighted by Gasteiger charge is 2.25. The number of carbonyl (C=O) groups is 1. The molecular formula is C20H20FN3OS. The van der Waals surface area contributed by atoms with Gasteiger partial charge >= 0.3 is 0 Å². The summed E-state index contributed by atoms with van der Waals surface area (Å²) < 4.78 is 14.3. The van der Waals surface area contributed by atoms with Crippen LogP contribution in [0.3, 0.4) is 0 Å². The van der Waals surface area contributed by atoms with Gasteiger partial charge in [-0.05, 0) is 55.1 Å². The van der Waals surface area contributed by atoms with Gasteiger partial charge in [-0.15, -0.1) is 0 Å². The molecule has 3 aromatic rings. The maximum absolute atomic E-state index is 13.9. The fourth-order valence-electron chi connectivity index (χ4n) is 3.73. The number of benzene rings is 2. The fraction of sp³-hybridized carbons (Fsp3) is 0.300. The van der Waals surface area contributed by atoms with Gasteiger partial charge in [0.05, 0.1) is 16.6 Å². The molecule has 4 rings (SSSR count). The lowest BCUT2D eigenvalue weighted by Crippen LogP contribution is -2.39. The van der Waals surface area contributed by atoms with E-state index in [0.717, 1.165) is 19.3 Å². The maximum Gasteiger partial charge on any atom is 0.256 e. The van der Waals surface area contributed by atoms with E-state index < -0.39 is 5.82 Å². The van der Waals surface area contributed by atoms with Crippen molar-refractivity contribution in [2.24, 2.45) is 5.92 Å². The summed E-state index contributed by atoms with van der Waals surface area (Å²) in [5.41, 5.74) is 2.78. The number of likely N-dealkylation sites (tertiary alicyclic amines) is 1. The molecule has 2 heterocycles. The second-order valence-electron chi connectivity index (χ2n) is 6.88. The Bertz CT molecular complexity index is 987. The second-order valence-corrected chi connectivity index (χ2v) is 7.29. The molecule has 6 heteroatoms. The third-order valence-corrected chi connectivity index (χ3v) is 5.29. The topological polar surface area (TPSA) is 51.9 Å². The first-order valence-electron chi connectivity index (χ1n) is 8.85. The number of fused-ring (bicyclic) bond motifs is 1. The number of carbonyl (C=O) groups excluding carboxylic acids is 1. The zero-order valence-electron chi connectivity index (χ0n) is 14.3. The third-order valence-electron chi connectivity index (χ3n) is 5.09. The van der Waals surface area contributed by atoms with Crippen LogP contribution in [0.15, 0.2) is 42.5 Å². The molecule has 4 nitrogen and oxygen atoms in total. The standard InChI is InChI=1S/C20H20FN3OS/c21-15-11-16(18-17(12-15)22-20(26)23-18)19(25)24-8-6-14(7-9-24)10-13-4-2-1-3-5-13/h1-5,11-12,14H,6-10H2,(H2,22,23,26). The molecule has 0 saturated carbocycles. The number of nitrogens with zero attached hydrogens (tertiary/aromatic N) is 1. The van der Waals surface area contributed by atoms with Crippen molar-refractivity contribution in [3.05, 3.63) is 64.2 Å². The number of H-pyrrole nitrogens is 2. The minimum absolute atomic E-state index is 0.141. The average molecular weight is 369 g/mol. The Morgan fingerprint density at radius 1 is 1.15 bits per heavy atom. The number of imidazole rings is 1. The van der Waals surface area contributed by atoms with Crippen LogP contribution in [-0.2, 0) is 6.42 Å². The van der Waals surface area contributed by atoms with Gasteiger partial charge < -0.3 is 14.9 Å². The van der Waals surface area contributed by atoms with Crippen molar-refractivity contribution in [1.29, 1.82) is 0 Å². The summed E-state index contributed by atoms with van der Waals surface area (Å²) in [5, 5.41) is 0. The van der Waals surface area contributed by atoms with E-state index in [1.54, 1.807) is 0 Å². The summed E-state index contributed by atoms with van der Waals surface area (Å²) in [6.07, 6.45) is 2.96. The van der Waals surface area contributed by atoms with Crippen molar-refractivity contribution >= 4 is 29.2 Å². The molecule has 0 spiro atoms. The number of aromatic nitrogens is 2. The van der Waals surface area contributed by atoms with E-state index in [2.05, 4.69) is 34.2 Å². The van der Waals surface area contributed by atoms with Gasteiger partial charge in [-0.1, -0.05) is 30.3 Å². The molecule has 1 aliphatic heterocycles. The highest BCUT2D eigenvalue weighted by molar-refractivity contribution is 7.71. The molecule has 0 unspecified atom stereocenters. The van der Waals surface area contributed by atoms with E-state index in [1.165, 1.54) is 17.7 Å². The van der Waals surface area contributed by atoms with Gasteiger partial charge in [-0.3, -0.25) is 4.79 Å². The molecule has 26 heavy (non-hydrogen) atoms. The first-order valence-corrected chi connectivity index (χ1v) is 9.26. The van der Waals surface area contributed by atoms with Crippen molar-refractivity contribution in [3.63, 3.8) is 0 Å². The van der Waals surface area contributed by atoms with Crippen molar-refractivity contribution in [2.45, 2.75) is 19.3 Å². The summed E-state index contributed by atoms with van der Waals surface area (Å²) in [5.74, 6) is -0.00461. The minimum atomic E-state index is -0.440. The first-order chi connectivity index (χ1) is 12.6. The van der Waals surface area contributed by atoms with Crippen LogP contribution in [0.25, 0.3) is 11.0 Å². The quantitative estimate of drug-likeness (QED) is 0.670. The number of piperidine rings is 1. The lowest BCUT2D eigenvalue weighted by Gasteiger charge is -2.32. The molecule has 0 radical (unpaired) electrons. The van der Waals surface area contributed by atoms with E-state index in [-0.39, 0.29) is 5.91 Å². The van der Waals surface area contributed by atoms with Gasteiger partial charge in [-0.25, -0.2) is 4.39 Å². The molecule has 2 N–H and O–H groups in total. The smallest absolute Gasteiger partial charge is 0.256 e. The first kappa shape index (κ1) is 17.0. The lowest BCUT2D eigenvalue weighted by atomic mass is 9.90. The highest BCUT2D eigenvalue weighted by Crippen LogP contribution is 2.25. The van der Waals surface area contributed by atoms with Gasteiger partial charge in [0.1, 0.15) is 5.82 Å². The zero-order chi connectivity index (χ0) is 18.1. The van der Waals surface area contributed by atoms with E-state index in [9.17, 15) is 9.18 Å². The van der Waals surface area contributed by atoms with Gasteiger partial charge in [0.25, 0.3) is 5.91 Å². The average Bonchev–Trinajstić information content (AvgIpc) is 3.02. The number of amides is 1. The Hall–Kier alpha value is -2.47. The van der Waals surface area contributed by atoms with Gasteiger partial charge in [0.2, 0.25) is 0 Å². The van der Waals surface area contributed by atoms with Crippen molar-refractivity contribution in [3.8, 4) is 0 Å². The van der Waals surface area contributed by atoms with Crippen LogP contribution in [0, 0.1) is 16.5 Å². The van der Waals surface area contributed by atoms with Crippen LogP contribution >= 0.6 is 12.2 Å². The molecule has 1 saturated heterocycles. The van der Waals surface area contributed by atoms with E-state index in [1.807, 2.05) is 11.0 Å². The summed E-state index contributed by atoms with van der Waals surface area (Å²) >= 11 is 5.08. The SMILES string of the molecule is O=C(c1cc(F)cc2[nH]c(=S)[nH]c12)N1CCC(Cc2ccccc2)CC1. The van der Waals surface area contributed by atoms with Gasteiger partial charge in [-0.2, -0.15) is 0 Å². The highest BCUT2D eigenvalue weighted by atomic mass is 32.1. The van der Waals surface area contributed by atoms with Gasteiger partial charge in [0.15, 0.2) is 4.77 Å². The number of rotatable bonds is 3. The molecule has 1 amide bonds. The number of aromatic amines is 2. The molecule has 1 fully saturated rings. The Kier molecular flexibility index (Phi) is 4.59. The van der Waals surface area contributed by atoms with Crippen molar-refractivity contribution in [1.82, 2.24) is 14.9 Å². The summed E-state index contributed by atoms with van der Waals surface area (Å²) in [4.78, 5) is 20.6. The molecule has 2 aromatic carbocycles. The number of hydrogen-bond acceptors (Lipinski definition) is 2. The summed E-state index contributed by atoms with van der Waals surface area (Å²) in [7, 11) is 0. The predicted molar refractivity (Wildman–Crippen MR) is 102 cm³/mol. The van der Waals surface area contributed by atoms with Crippen LogP contribution < -0.4 is 0 Å². The molecule has 0 aliphatic carbocycles. The normalized spacial score (nSPS) is 15.5. The molecule has 134 valence electrons. The molecule has 1 aromatic heterocycles. The van der Waals surface area contributed by atoms with Crippen LogP contribution in [0.2, 0.25) is 0 Å². The molecular weight excluding hydrogens is 349 g/mol. The Morgan fingerprint density at radius 3 is 2.62 bits per heavy atom. The van der Waals surface area contributed by atoms with Gasteiger partial charge in [0, 0.05) is 13.1 Å². The van der Waals surface area contributed by atoms with Crippen LogP contribution in [0.4, 0.5) is 4.39 Å². The zero-order valence-corrected chi connectivity index (χ0v) is 15.1. The van der Waals surface area contributed by atoms with Crippen molar-refractivity contribution < 1.29 is 9.18 Å². The van der Waals surface area contributed by atoms with Crippen molar-refractivity contribution in [2.75, 3.05) is 13.1 Å². The Labute approximate surface area is 156 Å². The van der Waals surface area contributed by atoms with Crippen LogP contribution in [-0.4, -0.2) is 33.9 Å². The molecule has 0 atom stereocenters. The largest absolute Gasteiger partial charge is 0.339 e. The number of hydrogen-bond donors (Lipinski definition) is 2. The van der Waals surface area contributed by atoms with Crippen LogP contribution in [0.1, 0.15) is 28.8 Å². The van der Waals surface area contributed by atoms with Crippen LogP contribution in [0.5, 0.6) is 0 Å². The Balaban J connectivity index is 1.48. The fourth-order valence-corrected chi connectivity index (χ4v) is 3.95. The molecule has 1 aliphatic rings. The van der Waals surface area contributed by atoms with E-state index in [0.29, 0.717) is 40.4 Å². The summed E-state index contributed by atoms with van der Waals surface area (Å²) in [6, 6.07) is 13.1. The maximum atomic E-state index is 13.9. The summed E-state index contributed by atoms with van der Waals surface area (Å²) in [6.45, 7) is 1.39. The molecule has 0 bridgehead atoms. The van der Waals surface area contributed by atoms with E-state index >= 15 is 0 Å². The third kappa shape index (κ3) is 3.42. The second kappa shape index (κ2) is 7.03. The number of nitrogens with one attached hydrogen (secondary N) is 2. The van der Waals surface area contributed by atoms with E-state index in [4.69, 9.17) is 12.2 Å². The lowest BCUT2D eigenvalue weighted by molar-refractivity contribution is 0.0692. The minimum Gasteiger partial charge on any atom is -0.339 e.